The van der Waals surface area contributed by atoms with Crippen LogP contribution in [0.25, 0.3) is 0 Å². The number of carbonyl (C=O) groups excluding carboxylic acids is 2. The highest BCUT2D eigenvalue weighted by Crippen LogP contribution is 2.59. The zero-order valence-corrected chi connectivity index (χ0v) is 25.4. The molecule has 0 bridgehead atoms. The zero-order valence-electron chi connectivity index (χ0n) is 24.4. The van der Waals surface area contributed by atoms with Crippen LogP contribution in [0.4, 0.5) is 11.4 Å². The van der Waals surface area contributed by atoms with Crippen LogP contribution < -0.4 is 9.80 Å². The number of aliphatic hydroxyl groups excluding tert-OH is 1. The second kappa shape index (κ2) is 11.0. The summed E-state index contributed by atoms with van der Waals surface area (Å²) in [6, 6.07) is 15.7. The molecule has 2 amide bonds. The average Bonchev–Trinajstić information content (AvgIpc) is 3.72. The molecule has 6 rings (SSSR count). The van der Waals surface area contributed by atoms with Crippen LogP contribution in [0.5, 0.6) is 0 Å². The van der Waals surface area contributed by atoms with Crippen molar-refractivity contribution in [3.8, 4) is 0 Å². The van der Waals surface area contributed by atoms with E-state index in [0.717, 1.165) is 41.2 Å². The molecule has 11 heteroatoms. The van der Waals surface area contributed by atoms with Crippen molar-refractivity contribution in [3.63, 3.8) is 0 Å². The highest BCUT2D eigenvalue weighted by atomic mass is 28.4. The third-order valence-electron chi connectivity index (χ3n) is 9.15. The molecule has 0 unspecified atom stereocenters. The number of para-hydroxylation sites is 1. The maximum Gasteiger partial charge on any atom is 0.264 e. The van der Waals surface area contributed by atoms with E-state index in [0.29, 0.717) is 32.4 Å². The first kappa shape index (κ1) is 28.7. The fourth-order valence-corrected chi connectivity index (χ4v) is 9.88. The quantitative estimate of drug-likeness (QED) is 0.367. The van der Waals surface area contributed by atoms with Crippen molar-refractivity contribution in [2.75, 3.05) is 23.0 Å². The highest BCUT2D eigenvalue weighted by molar-refractivity contribution is 6.71. The first-order valence-corrected chi connectivity index (χ1v) is 17.9. The number of hydrogen-bond donors (Lipinski definition) is 2. The van der Waals surface area contributed by atoms with Gasteiger partial charge < -0.3 is 24.4 Å². The maximum atomic E-state index is 14.5. The Morgan fingerprint density at radius 3 is 2.57 bits per heavy atom. The molecule has 3 aliphatic rings. The Hall–Kier alpha value is -3.38. The van der Waals surface area contributed by atoms with Crippen molar-refractivity contribution in [2.45, 2.75) is 76.0 Å². The molecule has 0 radical (unpaired) electrons. The molecular formula is C31H39N5O5Si. The first-order valence-electron chi connectivity index (χ1n) is 14.8. The van der Waals surface area contributed by atoms with E-state index in [4.69, 9.17) is 4.74 Å². The van der Waals surface area contributed by atoms with Gasteiger partial charge in [0.1, 0.15) is 0 Å². The molecule has 3 aliphatic heterocycles. The third-order valence-corrected chi connectivity index (χ3v) is 11.7. The van der Waals surface area contributed by atoms with Gasteiger partial charge in [0.25, 0.3) is 5.91 Å². The Balaban J connectivity index is 1.28. The van der Waals surface area contributed by atoms with Gasteiger partial charge in [-0.3, -0.25) is 14.3 Å². The van der Waals surface area contributed by atoms with Crippen molar-refractivity contribution in [1.29, 1.82) is 0 Å². The number of benzene rings is 2. The van der Waals surface area contributed by atoms with Crippen molar-refractivity contribution >= 4 is 31.5 Å². The van der Waals surface area contributed by atoms with Crippen molar-refractivity contribution in [3.05, 3.63) is 71.5 Å². The molecule has 2 aromatic carbocycles. The number of fused-ring (bicyclic) bond motifs is 2. The molecular weight excluding hydrogens is 550 g/mol. The van der Waals surface area contributed by atoms with E-state index >= 15 is 0 Å². The number of anilines is 2. The van der Waals surface area contributed by atoms with Crippen LogP contribution in [-0.2, 0) is 39.4 Å². The summed E-state index contributed by atoms with van der Waals surface area (Å²) in [5, 5.41) is 17.5. The van der Waals surface area contributed by atoms with E-state index in [1.807, 2.05) is 84.5 Å². The molecule has 0 saturated carbocycles. The predicted octanol–water partition coefficient (Wildman–Crippen LogP) is 3.37. The Morgan fingerprint density at radius 1 is 1.12 bits per heavy atom. The van der Waals surface area contributed by atoms with E-state index in [1.54, 1.807) is 4.68 Å². The molecule has 1 spiro atoms. The van der Waals surface area contributed by atoms with Crippen LogP contribution >= 0.6 is 0 Å². The summed E-state index contributed by atoms with van der Waals surface area (Å²) in [7, 11) is -2.77. The number of rotatable bonds is 9. The summed E-state index contributed by atoms with van der Waals surface area (Å²) in [6.07, 6.45) is 3.95. The predicted molar refractivity (Wildman–Crippen MR) is 160 cm³/mol. The Bertz CT molecular complexity index is 1470. The monoisotopic (exact) mass is 589 g/mol. The molecule has 10 nitrogen and oxygen atoms in total. The van der Waals surface area contributed by atoms with Crippen molar-refractivity contribution in [1.82, 2.24) is 15.0 Å². The standard InChI is InChI=1S/C31H39N5O5Si/c1-21-29(42(2,3)40)27(14-17-34-20-23(15-18-37)32-33-34)41-31(21)25-7-4-5-8-26(25)36(30(31)39)19-22-10-12-24(13-11-22)35-16-6-9-28(35)38/h4-5,7-8,10-13,20-21,27,29,37,40H,6,9,14-19H2,1-3H3/t21-,27+,29-,31+/m1/s1. The summed E-state index contributed by atoms with van der Waals surface area (Å²) >= 11 is 0. The SMILES string of the molecule is C[C@@H]1[C@@H]([Si](C)(C)O)[C@H](CCn2cc(CCO)nn2)O[C@@]12C(=O)N(Cc1ccc(N3CCCC3=O)cc1)c1ccccc12. The number of carbonyl (C=O) groups is 2. The zero-order chi connectivity index (χ0) is 29.6. The van der Waals surface area contributed by atoms with E-state index in [1.165, 1.54) is 0 Å². The minimum absolute atomic E-state index is 0.0110. The summed E-state index contributed by atoms with van der Waals surface area (Å²) in [5.41, 5.74) is 2.88. The third kappa shape index (κ3) is 4.87. The number of ether oxygens (including phenoxy) is 1. The van der Waals surface area contributed by atoms with Crippen LogP contribution in [0.1, 0.15) is 43.0 Å². The Labute approximate surface area is 247 Å². The summed E-state index contributed by atoms with van der Waals surface area (Å²) in [5.74, 6) is -0.196. The van der Waals surface area contributed by atoms with Crippen molar-refractivity contribution < 1.29 is 24.2 Å². The molecule has 222 valence electrons. The Morgan fingerprint density at radius 2 is 1.88 bits per heavy atom. The lowest BCUT2D eigenvalue weighted by molar-refractivity contribution is -0.146. The largest absolute Gasteiger partial charge is 0.432 e. The highest BCUT2D eigenvalue weighted by Gasteiger charge is 2.66. The van der Waals surface area contributed by atoms with Gasteiger partial charge in [0.05, 0.1) is 24.0 Å². The molecule has 0 aliphatic carbocycles. The van der Waals surface area contributed by atoms with E-state index in [9.17, 15) is 19.5 Å². The van der Waals surface area contributed by atoms with Crippen LogP contribution in [0, 0.1) is 5.92 Å². The number of nitrogens with zero attached hydrogens (tertiary/aromatic N) is 5. The Kier molecular flexibility index (Phi) is 7.54. The minimum atomic E-state index is -2.77. The fourth-order valence-electron chi connectivity index (χ4n) is 7.28. The lowest BCUT2D eigenvalue weighted by Gasteiger charge is -2.32. The van der Waals surface area contributed by atoms with E-state index in [-0.39, 0.29) is 36.0 Å². The van der Waals surface area contributed by atoms with Crippen LogP contribution in [0.3, 0.4) is 0 Å². The van der Waals surface area contributed by atoms with Crippen LogP contribution in [0.2, 0.25) is 18.6 Å². The number of hydrogen-bond acceptors (Lipinski definition) is 7. The molecule has 1 aromatic heterocycles. The molecule has 42 heavy (non-hydrogen) atoms. The molecule has 2 N–H and O–H groups in total. The average molecular weight is 590 g/mol. The molecule has 4 atom stereocenters. The van der Waals surface area contributed by atoms with E-state index < -0.39 is 13.9 Å². The summed E-state index contributed by atoms with van der Waals surface area (Å²) < 4.78 is 8.62. The number of amides is 2. The number of aliphatic hydroxyl groups is 1. The van der Waals surface area contributed by atoms with Gasteiger partial charge in [-0.2, -0.15) is 0 Å². The van der Waals surface area contributed by atoms with Crippen molar-refractivity contribution in [2.24, 2.45) is 5.92 Å². The van der Waals surface area contributed by atoms with Gasteiger partial charge in [0, 0.05) is 61.4 Å². The van der Waals surface area contributed by atoms with Gasteiger partial charge in [-0.05, 0) is 49.7 Å². The van der Waals surface area contributed by atoms with Gasteiger partial charge in [0.2, 0.25) is 5.91 Å². The maximum absolute atomic E-state index is 14.5. The molecule has 4 heterocycles. The normalized spacial score (nSPS) is 25.7. The smallest absolute Gasteiger partial charge is 0.264 e. The van der Waals surface area contributed by atoms with Gasteiger partial charge in [-0.1, -0.05) is 42.5 Å². The summed E-state index contributed by atoms with van der Waals surface area (Å²) in [6.45, 7) is 7.55. The van der Waals surface area contributed by atoms with Gasteiger partial charge in [-0.15, -0.1) is 5.10 Å². The first-order chi connectivity index (χ1) is 20.1. The fraction of sp³-hybridized carbons (Fsp3) is 0.484. The van der Waals surface area contributed by atoms with Crippen LogP contribution in [-0.4, -0.2) is 64.3 Å². The van der Waals surface area contributed by atoms with Gasteiger partial charge >= 0.3 is 0 Å². The van der Waals surface area contributed by atoms with Crippen LogP contribution in [0.15, 0.2) is 54.7 Å². The van der Waals surface area contributed by atoms with E-state index in [2.05, 4.69) is 10.3 Å². The number of aryl methyl sites for hydroxylation is 1. The summed E-state index contributed by atoms with van der Waals surface area (Å²) in [4.78, 5) is 41.8. The lowest BCUT2D eigenvalue weighted by Crippen LogP contribution is -2.46. The molecule has 2 saturated heterocycles. The minimum Gasteiger partial charge on any atom is -0.432 e. The van der Waals surface area contributed by atoms with Gasteiger partial charge in [0.15, 0.2) is 13.9 Å². The molecule has 3 aromatic rings. The van der Waals surface area contributed by atoms with Gasteiger partial charge in [-0.25, -0.2) is 0 Å². The second-order valence-corrected chi connectivity index (χ2v) is 16.3. The topological polar surface area (TPSA) is 121 Å². The molecule has 2 fully saturated rings. The lowest BCUT2D eigenvalue weighted by atomic mass is 9.82. The number of aromatic nitrogens is 3. The second-order valence-electron chi connectivity index (χ2n) is 12.3.